The molecule has 30 heavy (non-hydrogen) atoms. The van der Waals surface area contributed by atoms with Crippen molar-refractivity contribution in [2.45, 2.75) is 72.2 Å². The van der Waals surface area contributed by atoms with E-state index in [0.29, 0.717) is 12.1 Å². The summed E-state index contributed by atoms with van der Waals surface area (Å²) in [6, 6.07) is 9.35. The van der Waals surface area contributed by atoms with E-state index in [4.69, 9.17) is 4.74 Å². The van der Waals surface area contributed by atoms with Crippen LogP contribution < -0.4 is 10.6 Å². The molecule has 0 aliphatic carbocycles. The van der Waals surface area contributed by atoms with E-state index < -0.39 is 17.7 Å². The van der Waals surface area contributed by atoms with Crippen LogP contribution in [0.25, 0.3) is 0 Å². The largest absolute Gasteiger partial charge is 0.444 e. The van der Waals surface area contributed by atoms with Gasteiger partial charge in [0.1, 0.15) is 17.3 Å². The van der Waals surface area contributed by atoms with Crippen molar-refractivity contribution in [2.75, 3.05) is 0 Å². The highest BCUT2D eigenvalue weighted by Crippen LogP contribution is 2.16. The molecule has 2 N–H and O–H groups in total. The van der Waals surface area contributed by atoms with Crippen LogP contribution in [0.4, 0.5) is 4.79 Å². The molecule has 0 aliphatic rings. The first-order chi connectivity index (χ1) is 14.0. The summed E-state index contributed by atoms with van der Waals surface area (Å²) in [4.78, 5) is 24.8. The maximum absolute atomic E-state index is 12.7. The number of nitrogens with one attached hydrogen (secondary N) is 2. The van der Waals surface area contributed by atoms with Crippen LogP contribution in [0.15, 0.2) is 36.5 Å². The fourth-order valence-corrected chi connectivity index (χ4v) is 2.92. The lowest BCUT2D eigenvalue weighted by molar-refractivity contribution is -0.123. The normalized spacial score (nSPS) is 13.6. The van der Waals surface area contributed by atoms with Gasteiger partial charge in [0, 0.05) is 0 Å². The smallest absolute Gasteiger partial charge is 0.408 e. The van der Waals surface area contributed by atoms with Gasteiger partial charge in [-0.1, -0.05) is 49.4 Å². The maximum Gasteiger partial charge on any atom is 0.408 e. The van der Waals surface area contributed by atoms with Crippen LogP contribution in [0.2, 0.25) is 0 Å². The van der Waals surface area contributed by atoms with Gasteiger partial charge in [0.2, 0.25) is 5.91 Å². The number of hydrogen-bond acceptors (Lipinski definition) is 5. The van der Waals surface area contributed by atoms with Gasteiger partial charge < -0.3 is 15.4 Å². The predicted octanol–water partition coefficient (Wildman–Crippen LogP) is 3.44. The summed E-state index contributed by atoms with van der Waals surface area (Å²) < 4.78 is 7.04. The van der Waals surface area contributed by atoms with E-state index in [0.717, 1.165) is 5.56 Å². The maximum atomic E-state index is 12.7. The van der Waals surface area contributed by atoms with Gasteiger partial charge in [0.15, 0.2) is 0 Å². The lowest BCUT2D eigenvalue weighted by Gasteiger charge is -2.24. The third kappa shape index (κ3) is 7.50. The van der Waals surface area contributed by atoms with E-state index in [1.807, 2.05) is 57.3 Å². The van der Waals surface area contributed by atoms with Crippen molar-refractivity contribution in [1.29, 1.82) is 0 Å². The summed E-state index contributed by atoms with van der Waals surface area (Å²) in [7, 11) is 0. The number of carbonyl (C=O) groups is 2. The SMILES string of the molecule is CC(C)C[C@H](NC(=O)OC(C)(C)C)C(=O)NCc1cn([C@H](C)c2ccccc2)nn1. The van der Waals surface area contributed by atoms with Gasteiger partial charge in [-0.15, -0.1) is 5.10 Å². The van der Waals surface area contributed by atoms with Crippen molar-refractivity contribution >= 4 is 12.0 Å². The number of nitrogens with zero attached hydrogens (tertiary/aromatic N) is 3. The average Bonchev–Trinajstić information content (AvgIpc) is 3.12. The van der Waals surface area contributed by atoms with E-state index in [9.17, 15) is 9.59 Å². The van der Waals surface area contributed by atoms with Crippen molar-refractivity contribution in [3.63, 3.8) is 0 Å². The van der Waals surface area contributed by atoms with Crippen LogP contribution in [0, 0.1) is 5.92 Å². The minimum atomic E-state index is -0.682. The topological polar surface area (TPSA) is 98.1 Å². The van der Waals surface area contributed by atoms with Gasteiger partial charge in [0.05, 0.1) is 18.8 Å². The number of hydrogen-bond donors (Lipinski definition) is 2. The van der Waals surface area contributed by atoms with Crippen LogP contribution in [-0.2, 0) is 16.1 Å². The number of aromatic nitrogens is 3. The van der Waals surface area contributed by atoms with Crippen molar-refractivity contribution in [1.82, 2.24) is 25.6 Å². The highest BCUT2D eigenvalue weighted by molar-refractivity contribution is 5.85. The molecule has 2 amide bonds. The molecule has 0 aliphatic heterocycles. The van der Waals surface area contributed by atoms with Crippen LogP contribution in [-0.4, -0.2) is 38.6 Å². The summed E-state index contributed by atoms with van der Waals surface area (Å²) in [5.41, 5.74) is 1.14. The van der Waals surface area contributed by atoms with Crippen LogP contribution in [0.1, 0.15) is 65.3 Å². The van der Waals surface area contributed by atoms with Crippen molar-refractivity contribution in [3.8, 4) is 0 Å². The molecule has 1 heterocycles. The number of amides is 2. The van der Waals surface area contributed by atoms with Crippen LogP contribution >= 0.6 is 0 Å². The van der Waals surface area contributed by atoms with E-state index in [2.05, 4.69) is 20.9 Å². The zero-order valence-electron chi connectivity index (χ0n) is 18.7. The molecular formula is C22H33N5O3. The molecule has 0 radical (unpaired) electrons. The molecule has 1 aromatic carbocycles. The summed E-state index contributed by atoms with van der Waals surface area (Å²) in [6.45, 7) is 11.6. The zero-order chi connectivity index (χ0) is 22.3. The summed E-state index contributed by atoms with van der Waals surface area (Å²) >= 11 is 0. The Hall–Kier alpha value is -2.90. The lowest BCUT2D eigenvalue weighted by Crippen LogP contribution is -2.48. The van der Waals surface area contributed by atoms with E-state index in [1.165, 1.54) is 0 Å². The second-order valence-electron chi connectivity index (χ2n) is 8.82. The quantitative estimate of drug-likeness (QED) is 0.688. The fourth-order valence-electron chi connectivity index (χ4n) is 2.92. The molecule has 2 aromatic rings. The molecule has 0 unspecified atom stereocenters. The average molecular weight is 416 g/mol. The molecule has 2 atom stereocenters. The Bertz CT molecular complexity index is 827. The highest BCUT2D eigenvalue weighted by atomic mass is 16.6. The number of alkyl carbamates (subject to hydrolysis) is 1. The van der Waals surface area contributed by atoms with E-state index in [-0.39, 0.29) is 24.4 Å². The minimum absolute atomic E-state index is 0.0330. The predicted molar refractivity (Wildman–Crippen MR) is 115 cm³/mol. The Morgan fingerprint density at radius 3 is 2.40 bits per heavy atom. The molecule has 0 fully saturated rings. The molecule has 0 bridgehead atoms. The van der Waals surface area contributed by atoms with Crippen molar-refractivity contribution < 1.29 is 14.3 Å². The Kier molecular flexibility index (Phi) is 7.97. The summed E-state index contributed by atoms with van der Waals surface area (Å²) in [5, 5.41) is 13.8. The number of carbonyl (C=O) groups excluding carboxylic acids is 2. The first-order valence-corrected chi connectivity index (χ1v) is 10.3. The second-order valence-corrected chi connectivity index (χ2v) is 8.82. The van der Waals surface area contributed by atoms with Gasteiger partial charge >= 0.3 is 6.09 Å². The molecule has 164 valence electrons. The molecule has 0 saturated carbocycles. The van der Waals surface area contributed by atoms with Gasteiger partial charge in [-0.05, 0) is 45.6 Å². The number of ether oxygens (including phenoxy) is 1. The molecule has 1 aromatic heterocycles. The Labute approximate surface area is 178 Å². The Morgan fingerprint density at radius 2 is 1.80 bits per heavy atom. The van der Waals surface area contributed by atoms with Crippen molar-refractivity contribution in [2.24, 2.45) is 5.92 Å². The van der Waals surface area contributed by atoms with Gasteiger partial charge in [-0.25, -0.2) is 9.48 Å². The van der Waals surface area contributed by atoms with Crippen LogP contribution in [0.3, 0.4) is 0 Å². The second kappa shape index (κ2) is 10.2. The minimum Gasteiger partial charge on any atom is -0.444 e. The van der Waals surface area contributed by atoms with E-state index >= 15 is 0 Å². The third-order valence-electron chi connectivity index (χ3n) is 4.39. The lowest BCUT2D eigenvalue weighted by atomic mass is 10.0. The highest BCUT2D eigenvalue weighted by Gasteiger charge is 2.25. The standard InChI is InChI=1S/C22H33N5O3/c1-15(2)12-19(24-21(29)30-22(4,5)6)20(28)23-13-18-14-27(26-25-18)16(3)17-10-8-7-9-11-17/h7-11,14-16,19H,12-13H2,1-6H3,(H,23,28)(H,24,29)/t16-,19+/m1/s1. The Balaban J connectivity index is 1.96. The molecular weight excluding hydrogens is 382 g/mol. The molecule has 8 heteroatoms. The zero-order valence-corrected chi connectivity index (χ0v) is 18.7. The fraction of sp³-hybridized carbons (Fsp3) is 0.545. The van der Waals surface area contributed by atoms with Gasteiger partial charge in [-0.2, -0.15) is 0 Å². The Morgan fingerprint density at radius 1 is 1.13 bits per heavy atom. The molecule has 2 rings (SSSR count). The van der Waals surface area contributed by atoms with E-state index in [1.54, 1.807) is 25.5 Å². The summed E-state index contributed by atoms with van der Waals surface area (Å²) in [5.74, 6) is -0.0523. The monoisotopic (exact) mass is 415 g/mol. The van der Waals surface area contributed by atoms with Crippen molar-refractivity contribution in [3.05, 3.63) is 47.8 Å². The first-order valence-electron chi connectivity index (χ1n) is 10.3. The number of benzene rings is 1. The molecule has 0 saturated heterocycles. The summed E-state index contributed by atoms with van der Waals surface area (Å²) in [6.07, 6.45) is 1.71. The van der Waals surface area contributed by atoms with Gasteiger partial charge in [-0.3, -0.25) is 4.79 Å². The third-order valence-corrected chi connectivity index (χ3v) is 4.39. The van der Waals surface area contributed by atoms with Gasteiger partial charge in [0.25, 0.3) is 0 Å². The molecule has 0 spiro atoms. The van der Waals surface area contributed by atoms with Crippen LogP contribution in [0.5, 0.6) is 0 Å². The molecule has 8 nitrogen and oxygen atoms in total. The number of rotatable bonds is 8. The first kappa shape index (κ1) is 23.4.